The van der Waals surface area contributed by atoms with Crippen LogP contribution in [0.15, 0.2) is 24.3 Å². The number of rotatable bonds is 2. The van der Waals surface area contributed by atoms with Crippen LogP contribution in [0.2, 0.25) is 0 Å². The van der Waals surface area contributed by atoms with Gasteiger partial charge < -0.3 is 15.1 Å². The SMILES string of the molecule is CNC(=O)c1cccc([C@H]2CN(C(C)=O)CCN2C(C)=O)c1. The van der Waals surface area contributed by atoms with Crippen LogP contribution in [0.1, 0.15) is 35.8 Å². The van der Waals surface area contributed by atoms with Crippen molar-refractivity contribution in [3.63, 3.8) is 0 Å². The highest BCUT2D eigenvalue weighted by molar-refractivity contribution is 5.94. The van der Waals surface area contributed by atoms with Gasteiger partial charge in [-0.3, -0.25) is 14.4 Å². The summed E-state index contributed by atoms with van der Waals surface area (Å²) in [5, 5.41) is 2.59. The number of carbonyl (C=O) groups excluding carboxylic acids is 3. The van der Waals surface area contributed by atoms with Gasteiger partial charge in [-0.25, -0.2) is 0 Å². The van der Waals surface area contributed by atoms with Gasteiger partial charge in [0.2, 0.25) is 11.8 Å². The predicted molar refractivity (Wildman–Crippen MR) is 82.2 cm³/mol. The molecule has 0 aromatic heterocycles. The van der Waals surface area contributed by atoms with Gasteiger partial charge >= 0.3 is 0 Å². The summed E-state index contributed by atoms with van der Waals surface area (Å²) in [6.45, 7) is 4.55. The molecule has 118 valence electrons. The summed E-state index contributed by atoms with van der Waals surface area (Å²) in [6, 6.07) is 6.97. The molecule has 1 saturated heterocycles. The van der Waals surface area contributed by atoms with Crippen molar-refractivity contribution in [1.29, 1.82) is 0 Å². The van der Waals surface area contributed by atoms with Crippen LogP contribution in [0.25, 0.3) is 0 Å². The number of nitrogens with zero attached hydrogens (tertiary/aromatic N) is 2. The first kappa shape index (κ1) is 16.0. The Balaban J connectivity index is 2.34. The maximum atomic E-state index is 11.9. The zero-order valence-electron chi connectivity index (χ0n) is 13.1. The van der Waals surface area contributed by atoms with Crippen LogP contribution in [0.4, 0.5) is 0 Å². The van der Waals surface area contributed by atoms with E-state index >= 15 is 0 Å². The predicted octanol–water partition coefficient (Wildman–Crippen LogP) is 0.798. The zero-order chi connectivity index (χ0) is 16.3. The average molecular weight is 303 g/mol. The topological polar surface area (TPSA) is 69.7 Å². The maximum Gasteiger partial charge on any atom is 0.251 e. The first-order chi connectivity index (χ1) is 10.4. The van der Waals surface area contributed by atoms with Crippen molar-refractivity contribution in [3.05, 3.63) is 35.4 Å². The van der Waals surface area contributed by atoms with E-state index < -0.39 is 0 Å². The Kier molecular flexibility index (Phi) is 4.80. The summed E-state index contributed by atoms with van der Waals surface area (Å²) in [7, 11) is 1.58. The van der Waals surface area contributed by atoms with Crippen LogP contribution in [0.3, 0.4) is 0 Å². The van der Waals surface area contributed by atoms with E-state index in [4.69, 9.17) is 0 Å². The molecule has 0 radical (unpaired) electrons. The molecule has 1 aliphatic heterocycles. The van der Waals surface area contributed by atoms with E-state index in [1.165, 1.54) is 13.8 Å². The minimum absolute atomic E-state index is 0.00402. The number of piperazine rings is 1. The Hall–Kier alpha value is -2.37. The summed E-state index contributed by atoms with van der Waals surface area (Å²) < 4.78 is 0. The molecule has 0 spiro atoms. The quantitative estimate of drug-likeness (QED) is 0.878. The highest BCUT2D eigenvalue weighted by Gasteiger charge is 2.31. The first-order valence-electron chi connectivity index (χ1n) is 7.28. The van der Waals surface area contributed by atoms with Crippen molar-refractivity contribution >= 4 is 17.7 Å². The molecule has 0 aliphatic carbocycles. The number of benzene rings is 1. The smallest absolute Gasteiger partial charge is 0.251 e. The van der Waals surface area contributed by atoms with E-state index in [1.807, 2.05) is 6.07 Å². The molecule has 1 aromatic rings. The van der Waals surface area contributed by atoms with E-state index in [-0.39, 0.29) is 23.8 Å². The van der Waals surface area contributed by atoms with Gasteiger partial charge in [0.15, 0.2) is 0 Å². The third kappa shape index (κ3) is 3.27. The fourth-order valence-electron chi connectivity index (χ4n) is 2.76. The summed E-state index contributed by atoms with van der Waals surface area (Å²) >= 11 is 0. The third-order valence-corrected chi connectivity index (χ3v) is 3.99. The Morgan fingerprint density at radius 3 is 2.45 bits per heavy atom. The normalized spacial score (nSPS) is 18.0. The van der Waals surface area contributed by atoms with E-state index in [2.05, 4.69) is 5.32 Å². The Bertz CT molecular complexity index is 600. The second-order valence-electron chi connectivity index (χ2n) is 5.40. The minimum Gasteiger partial charge on any atom is -0.355 e. The summed E-state index contributed by atoms with van der Waals surface area (Å²) in [5.74, 6) is -0.204. The van der Waals surface area contributed by atoms with Gasteiger partial charge in [0.25, 0.3) is 5.91 Å². The van der Waals surface area contributed by atoms with Crippen LogP contribution in [-0.4, -0.2) is 54.2 Å². The molecule has 22 heavy (non-hydrogen) atoms. The Morgan fingerprint density at radius 1 is 1.14 bits per heavy atom. The van der Waals surface area contributed by atoms with Crippen LogP contribution in [0, 0.1) is 0 Å². The molecule has 3 amide bonds. The van der Waals surface area contributed by atoms with E-state index in [9.17, 15) is 14.4 Å². The molecular weight excluding hydrogens is 282 g/mol. The number of nitrogens with one attached hydrogen (secondary N) is 1. The molecule has 0 saturated carbocycles. The molecule has 1 aliphatic rings. The van der Waals surface area contributed by atoms with E-state index in [0.29, 0.717) is 25.2 Å². The van der Waals surface area contributed by atoms with Crippen molar-refractivity contribution in [2.24, 2.45) is 0 Å². The van der Waals surface area contributed by atoms with Crippen LogP contribution in [0.5, 0.6) is 0 Å². The molecule has 0 unspecified atom stereocenters. The van der Waals surface area contributed by atoms with Gasteiger partial charge in [0.1, 0.15) is 0 Å². The molecule has 0 bridgehead atoms. The molecule has 1 fully saturated rings. The standard InChI is InChI=1S/C16H21N3O3/c1-11(20)18-7-8-19(12(2)21)15(10-18)13-5-4-6-14(9-13)16(22)17-3/h4-6,9,15H,7-8,10H2,1-3H3,(H,17,22)/t15-/m1/s1. The molecule has 6 nitrogen and oxygen atoms in total. The Labute approximate surface area is 130 Å². The fourth-order valence-corrected chi connectivity index (χ4v) is 2.76. The van der Waals surface area contributed by atoms with Crippen LogP contribution in [-0.2, 0) is 9.59 Å². The number of hydrogen-bond donors (Lipinski definition) is 1. The maximum absolute atomic E-state index is 11.9. The second kappa shape index (κ2) is 6.60. The highest BCUT2D eigenvalue weighted by atomic mass is 16.2. The summed E-state index contributed by atoms with van der Waals surface area (Å²) in [6.07, 6.45) is 0. The second-order valence-corrected chi connectivity index (χ2v) is 5.40. The minimum atomic E-state index is -0.222. The van der Waals surface area contributed by atoms with Crippen molar-refractivity contribution in [1.82, 2.24) is 15.1 Å². The summed E-state index contributed by atoms with van der Waals surface area (Å²) in [4.78, 5) is 38.8. The Morgan fingerprint density at radius 2 is 1.86 bits per heavy atom. The number of amides is 3. The summed E-state index contributed by atoms with van der Waals surface area (Å²) in [5.41, 5.74) is 1.41. The van der Waals surface area contributed by atoms with Crippen LogP contribution >= 0.6 is 0 Å². The lowest BCUT2D eigenvalue weighted by atomic mass is 9.99. The van der Waals surface area contributed by atoms with E-state index in [1.54, 1.807) is 35.0 Å². The van der Waals surface area contributed by atoms with Crippen molar-refractivity contribution in [3.8, 4) is 0 Å². The fraction of sp³-hybridized carbons (Fsp3) is 0.438. The average Bonchev–Trinajstić information content (AvgIpc) is 2.53. The molecule has 6 heteroatoms. The molecule has 2 rings (SSSR count). The van der Waals surface area contributed by atoms with Gasteiger partial charge in [0, 0.05) is 46.1 Å². The molecule has 1 heterocycles. The number of carbonyl (C=O) groups is 3. The molecule has 1 aromatic carbocycles. The molecular formula is C16H21N3O3. The van der Waals surface area contributed by atoms with E-state index in [0.717, 1.165) is 5.56 Å². The van der Waals surface area contributed by atoms with Gasteiger partial charge in [-0.1, -0.05) is 12.1 Å². The lowest BCUT2D eigenvalue weighted by molar-refractivity contribution is -0.140. The lowest BCUT2D eigenvalue weighted by Crippen LogP contribution is -2.51. The lowest BCUT2D eigenvalue weighted by Gasteiger charge is -2.41. The van der Waals surface area contributed by atoms with Crippen molar-refractivity contribution in [2.75, 3.05) is 26.7 Å². The van der Waals surface area contributed by atoms with Crippen molar-refractivity contribution in [2.45, 2.75) is 19.9 Å². The van der Waals surface area contributed by atoms with Gasteiger partial charge in [0.05, 0.1) is 6.04 Å². The first-order valence-corrected chi connectivity index (χ1v) is 7.28. The molecule has 1 atom stereocenters. The van der Waals surface area contributed by atoms with Gasteiger partial charge in [-0.05, 0) is 17.7 Å². The highest BCUT2D eigenvalue weighted by Crippen LogP contribution is 2.26. The number of hydrogen-bond acceptors (Lipinski definition) is 3. The molecule has 1 N–H and O–H groups in total. The third-order valence-electron chi connectivity index (χ3n) is 3.99. The van der Waals surface area contributed by atoms with Crippen molar-refractivity contribution < 1.29 is 14.4 Å². The van der Waals surface area contributed by atoms with Gasteiger partial charge in [-0.2, -0.15) is 0 Å². The van der Waals surface area contributed by atoms with Crippen LogP contribution < -0.4 is 5.32 Å². The van der Waals surface area contributed by atoms with Gasteiger partial charge in [-0.15, -0.1) is 0 Å². The largest absolute Gasteiger partial charge is 0.355 e. The zero-order valence-corrected chi connectivity index (χ0v) is 13.1. The monoisotopic (exact) mass is 303 g/mol.